The normalized spacial score (nSPS) is 13.4. The maximum absolute atomic E-state index is 10.7. The Morgan fingerprint density at radius 3 is 2.61 bits per heavy atom. The smallest absolute Gasteiger partial charge is 0.209 e. The van der Waals surface area contributed by atoms with Crippen LogP contribution in [0.2, 0.25) is 0 Å². The zero-order valence-corrected chi connectivity index (χ0v) is 10.9. The molecule has 0 aliphatic heterocycles. The number of benzene rings is 1. The van der Waals surface area contributed by atoms with Gasteiger partial charge in [-0.2, -0.15) is 0 Å². The molecule has 102 valence electrons. The summed E-state index contributed by atoms with van der Waals surface area (Å²) >= 11 is 0. The van der Waals surface area contributed by atoms with Crippen LogP contribution >= 0.6 is 0 Å². The maximum Gasteiger partial charge on any atom is 0.209 e. The molecule has 0 heterocycles. The van der Waals surface area contributed by atoms with Gasteiger partial charge in [0.15, 0.2) is 0 Å². The first-order valence-electron chi connectivity index (χ1n) is 5.55. The summed E-state index contributed by atoms with van der Waals surface area (Å²) in [6.07, 6.45) is 0.405. The molecule has 0 fully saturated rings. The third-order valence-electron chi connectivity index (χ3n) is 2.54. The van der Waals surface area contributed by atoms with E-state index in [0.29, 0.717) is 18.5 Å². The van der Waals surface area contributed by atoms with Crippen LogP contribution in [0, 0.1) is 0 Å². The second-order valence-electron chi connectivity index (χ2n) is 4.14. The lowest BCUT2D eigenvalue weighted by molar-refractivity contribution is 0.436. The van der Waals surface area contributed by atoms with Gasteiger partial charge in [-0.15, -0.1) is 0 Å². The molecule has 1 atom stereocenters. The van der Waals surface area contributed by atoms with Gasteiger partial charge in [0.1, 0.15) is 11.5 Å². The van der Waals surface area contributed by atoms with Gasteiger partial charge in [-0.25, -0.2) is 13.6 Å². The molecule has 0 aliphatic carbocycles. The Balaban J connectivity index is 2.48. The fourth-order valence-corrected chi connectivity index (χ4v) is 2.15. The highest BCUT2D eigenvalue weighted by atomic mass is 32.2. The molecule has 0 bridgehead atoms. The fraction of sp³-hybridized carbons (Fsp3) is 0.455. The Labute approximate surface area is 106 Å². The molecule has 1 rings (SSSR count). The Morgan fingerprint density at radius 1 is 1.39 bits per heavy atom. The van der Waals surface area contributed by atoms with E-state index in [1.165, 1.54) is 12.1 Å². The Morgan fingerprint density at radius 2 is 2.06 bits per heavy atom. The summed E-state index contributed by atoms with van der Waals surface area (Å²) in [5.41, 5.74) is 0.642. The van der Waals surface area contributed by atoms with Crippen molar-refractivity contribution in [3.63, 3.8) is 0 Å². The van der Waals surface area contributed by atoms with Crippen LogP contribution in [0.5, 0.6) is 11.5 Å². The SMILES string of the molecule is CC(NCCCS(N)(=O)=O)c1ccc(O)cc1O. The lowest BCUT2D eigenvalue weighted by Gasteiger charge is -2.15. The van der Waals surface area contributed by atoms with Crippen molar-refractivity contribution in [1.29, 1.82) is 0 Å². The average Bonchev–Trinajstić information content (AvgIpc) is 2.22. The highest BCUT2D eigenvalue weighted by molar-refractivity contribution is 7.89. The van der Waals surface area contributed by atoms with Crippen LogP contribution in [-0.2, 0) is 10.0 Å². The summed E-state index contributed by atoms with van der Waals surface area (Å²) in [6.45, 7) is 2.31. The summed E-state index contributed by atoms with van der Waals surface area (Å²) in [4.78, 5) is 0. The minimum absolute atomic E-state index is 0.00134. The number of nitrogens with two attached hydrogens (primary N) is 1. The van der Waals surface area contributed by atoms with Crippen LogP contribution in [0.25, 0.3) is 0 Å². The standard InChI is InChI=1S/C11H18N2O4S/c1-8(13-5-2-6-18(12,16)17)10-4-3-9(14)7-11(10)15/h3-4,7-8,13-15H,2,5-6H2,1H3,(H2,12,16,17). The first-order chi connectivity index (χ1) is 8.29. The van der Waals surface area contributed by atoms with E-state index in [2.05, 4.69) is 5.32 Å². The average molecular weight is 274 g/mol. The molecular formula is C11H18N2O4S. The maximum atomic E-state index is 10.7. The van der Waals surface area contributed by atoms with Crippen molar-refractivity contribution >= 4 is 10.0 Å². The monoisotopic (exact) mass is 274 g/mol. The van der Waals surface area contributed by atoms with Gasteiger partial charge in [-0.3, -0.25) is 0 Å². The molecule has 0 saturated heterocycles. The van der Waals surface area contributed by atoms with Gasteiger partial charge < -0.3 is 15.5 Å². The zero-order valence-electron chi connectivity index (χ0n) is 10.1. The van der Waals surface area contributed by atoms with E-state index in [-0.39, 0.29) is 23.3 Å². The van der Waals surface area contributed by atoms with Gasteiger partial charge in [-0.05, 0) is 26.0 Å². The zero-order chi connectivity index (χ0) is 13.8. The van der Waals surface area contributed by atoms with Crippen LogP contribution < -0.4 is 10.5 Å². The number of primary sulfonamides is 1. The number of phenols is 2. The van der Waals surface area contributed by atoms with Crippen molar-refractivity contribution in [3.05, 3.63) is 23.8 Å². The molecule has 1 aromatic rings. The summed E-state index contributed by atoms with van der Waals surface area (Å²) < 4.78 is 21.4. The molecule has 0 amide bonds. The molecule has 1 aromatic carbocycles. The minimum atomic E-state index is -3.42. The van der Waals surface area contributed by atoms with E-state index < -0.39 is 10.0 Å². The molecule has 0 radical (unpaired) electrons. The van der Waals surface area contributed by atoms with E-state index in [1.807, 2.05) is 6.92 Å². The first-order valence-corrected chi connectivity index (χ1v) is 7.27. The lowest BCUT2D eigenvalue weighted by Crippen LogP contribution is -2.24. The largest absolute Gasteiger partial charge is 0.508 e. The van der Waals surface area contributed by atoms with Crippen molar-refractivity contribution < 1.29 is 18.6 Å². The predicted molar refractivity (Wildman–Crippen MR) is 68.8 cm³/mol. The number of nitrogens with one attached hydrogen (secondary N) is 1. The molecule has 18 heavy (non-hydrogen) atoms. The number of rotatable bonds is 6. The van der Waals surface area contributed by atoms with E-state index in [1.54, 1.807) is 6.07 Å². The fourth-order valence-electron chi connectivity index (χ4n) is 1.60. The second-order valence-corrected chi connectivity index (χ2v) is 5.87. The van der Waals surface area contributed by atoms with Gasteiger partial charge >= 0.3 is 0 Å². The molecule has 0 aliphatic rings. The van der Waals surface area contributed by atoms with Crippen LogP contribution in [0.4, 0.5) is 0 Å². The van der Waals surface area contributed by atoms with Gasteiger partial charge in [0.2, 0.25) is 10.0 Å². The minimum Gasteiger partial charge on any atom is -0.508 e. The van der Waals surface area contributed by atoms with Crippen molar-refractivity contribution in [3.8, 4) is 11.5 Å². The summed E-state index contributed by atoms with van der Waals surface area (Å²) in [6, 6.07) is 4.21. The molecule has 0 saturated carbocycles. The van der Waals surface area contributed by atoms with Crippen molar-refractivity contribution in [2.24, 2.45) is 5.14 Å². The lowest BCUT2D eigenvalue weighted by atomic mass is 10.1. The highest BCUT2D eigenvalue weighted by Crippen LogP contribution is 2.27. The molecule has 1 unspecified atom stereocenters. The molecular weight excluding hydrogens is 256 g/mol. The molecule has 5 N–H and O–H groups in total. The van der Waals surface area contributed by atoms with E-state index >= 15 is 0 Å². The third-order valence-corrected chi connectivity index (χ3v) is 3.39. The molecule has 0 aromatic heterocycles. The van der Waals surface area contributed by atoms with Crippen LogP contribution in [0.1, 0.15) is 24.9 Å². The summed E-state index contributed by atoms with van der Waals surface area (Å²) in [5, 5.41) is 26.7. The molecule has 7 heteroatoms. The number of hydrogen-bond acceptors (Lipinski definition) is 5. The highest BCUT2D eigenvalue weighted by Gasteiger charge is 2.10. The van der Waals surface area contributed by atoms with E-state index in [0.717, 1.165) is 0 Å². The number of sulfonamides is 1. The Hall–Kier alpha value is -1.31. The van der Waals surface area contributed by atoms with Crippen LogP contribution in [-0.4, -0.2) is 30.9 Å². The van der Waals surface area contributed by atoms with Gasteiger partial charge in [0.25, 0.3) is 0 Å². The number of phenolic OH excluding ortho intramolecular Hbond substituents is 2. The van der Waals surface area contributed by atoms with Crippen LogP contribution in [0.3, 0.4) is 0 Å². The topological polar surface area (TPSA) is 113 Å². The first kappa shape index (κ1) is 14.7. The molecule has 6 nitrogen and oxygen atoms in total. The quantitative estimate of drug-likeness (QED) is 0.562. The second kappa shape index (κ2) is 6.03. The Kier molecular flexibility index (Phi) is 4.94. The predicted octanol–water partition coefficient (Wildman–Crippen LogP) is 0.427. The van der Waals surface area contributed by atoms with Gasteiger partial charge in [0, 0.05) is 17.7 Å². The third kappa shape index (κ3) is 4.91. The van der Waals surface area contributed by atoms with E-state index in [4.69, 9.17) is 10.2 Å². The van der Waals surface area contributed by atoms with Crippen LogP contribution in [0.15, 0.2) is 18.2 Å². The van der Waals surface area contributed by atoms with Crippen molar-refractivity contribution in [1.82, 2.24) is 5.32 Å². The van der Waals surface area contributed by atoms with E-state index in [9.17, 15) is 13.5 Å². The van der Waals surface area contributed by atoms with Crippen molar-refractivity contribution in [2.75, 3.05) is 12.3 Å². The van der Waals surface area contributed by atoms with Crippen molar-refractivity contribution in [2.45, 2.75) is 19.4 Å². The molecule has 0 spiro atoms. The van der Waals surface area contributed by atoms with Gasteiger partial charge in [0.05, 0.1) is 5.75 Å². The Bertz CT molecular complexity index is 502. The summed E-state index contributed by atoms with van der Waals surface area (Å²) in [5.74, 6) is -0.0759. The summed E-state index contributed by atoms with van der Waals surface area (Å²) in [7, 11) is -3.42. The van der Waals surface area contributed by atoms with Gasteiger partial charge in [-0.1, -0.05) is 6.07 Å². The number of aromatic hydroxyl groups is 2. The number of hydrogen-bond donors (Lipinski definition) is 4.